The summed E-state index contributed by atoms with van der Waals surface area (Å²) < 4.78 is 5.43. The molecule has 0 spiro atoms. The van der Waals surface area contributed by atoms with Crippen LogP contribution in [-0.2, 0) is 4.74 Å². The van der Waals surface area contributed by atoms with Crippen LogP contribution in [0.25, 0.3) is 0 Å². The van der Waals surface area contributed by atoms with Crippen LogP contribution in [0.3, 0.4) is 0 Å². The van der Waals surface area contributed by atoms with Gasteiger partial charge in [-0.15, -0.1) is 23.2 Å². The van der Waals surface area contributed by atoms with Crippen molar-refractivity contribution in [2.45, 2.75) is 50.3 Å². The first kappa shape index (κ1) is 14.9. The first-order chi connectivity index (χ1) is 7.02. The Labute approximate surface area is 103 Å². The molecule has 15 heavy (non-hydrogen) atoms. The number of rotatable bonds is 8. The van der Waals surface area contributed by atoms with Crippen molar-refractivity contribution in [3.8, 4) is 0 Å². The average molecular weight is 251 g/mol. The third-order valence-corrected chi connectivity index (χ3v) is 2.97. The van der Waals surface area contributed by atoms with E-state index in [2.05, 4.69) is 27.0 Å². The van der Waals surface area contributed by atoms with Gasteiger partial charge in [0, 0.05) is 0 Å². The highest BCUT2D eigenvalue weighted by Crippen LogP contribution is 2.22. The van der Waals surface area contributed by atoms with Crippen LogP contribution >= 0.6 is 23.2 Å². The van der Waals surface area contributed by atoms with Gasteiger partial charge >= 0.3 is 0 Å². The molecule has 0 aliphatic rings. The summed E-state index contributed by atoms with van der Waals surface area (Å²) in [6, 6.07) is 0. The van der Waals surface area contributed by atoms with Gasteiger partial charge in [0.05, 0.1) is 10.8 Å². The highest BCUT2D eigenvalue weighted by atomic mass is 35.5. The lowest BCUT2D eigenvalue weighted by Gasteiger charge is -2.17. The van der Waals surface area contributed by atoms with E-state index in [-0.39, 0.29) is 10.8 Å². The molecule has 88 valence electrons. The topological polar surface area (TPSA) is 9.23 Å². The molecular formula is C12H20Cl2O. The van der Waals surface area contributed by atoms with E-state index in [1.165, 1.54) is 0 Å². The molecule has 0 N–H and O–H groups in total. The lowest BCUT2D eigenvalue weighted by Crippen LogP contribution is -2.10. The summed E-state index contributed by atoms with van der Waals surface area (Å²) >= 11 is 12.1. The van der Waals surface area contributed by atoms with Gasteiger partial charge in [-0.1, -0.05) is 39.8 Å². The van der Waals surface area contributed by atoms with Crippen molar-refractivity contribution < 1.29 is 4.74 Å². The Hall–Kier alpha value is -0.140. The minimum Gasteiger partial charge on any atom is -0.464 e. The number of hydrogen-bond acceptors (Lipinski definition) is 1. The Balaban J connectivity index is 4.00. The summed E-state index contributed by atoms with van der Waals surface area (Å²) in [5.74, 6) is 1.09. The zero-order valence-corrected chi connectivity index (χ0v) is 11.1. The normalized spacial score (nSPS) is 14.4. The van der Waals surface area contributed by atoms with E-state index in [1.807, 2.05) is 0 Å². The van der Waals surface area contributed by atoms with Crippen molar-refractivity contribution in [3.63, 3.8) is 0 Å². The first-order valence-electron chi connectivity index (χ1n) is 5.36. The molecule has 0 saturated heterocycles. The summed E-state index contributed by atoms with van der Waals surface area (Å²) in [5, 5.41) is -0.311. The van der Waals surface area contributed by atoms with Crippen LogP contribution in [0.5, 0.6) is 0 Å². The van der Waals surface area contributed by atoms with Gasteiger partial charge in [0.15, 0.2) is 0 Å². The van der Waals surface area contributed by atoms with Crippen molar-refractivity contribution >= 4 is 23.2 Å². The molecule has 1 nitrogen and oxygen atoms in total. The Morgan fingerprint density at radius 2 is 1.33 bits per heavy atom. The predicted octanol–water partition coefficient (Wildman–Crippen LogP) is 4.85. The molecule has 0 rings (SSSR count). The molecule has 0 amide bonds. The first-order valence-corrected chi connectivity index (χ1v) is 6.23. The zero-order valence-electron chi connectivity index (χ0n) is 9.56. The van der Waals surface area contributed by atoms with Gasteiger partial charge in [-0.3, -0.25) is 0 Å². The molecule has 0 aromatic rings. The number of halogens is 2. The third kappa shape index (κ3) is 6.11. The molecule has 0 aromatic heterocycles. The fraction of sp³-hybridized carbons (Fsp3) is 0.667. The molecular weight excluding hydrogens is 231 g/mol. The molecule has 0 heterocycles. The Kier molecular flexibility index (Phi) is 7.99. The monoisotopic (exact) mass is 250 g/mol. The van der Waals surface area contributed by atoms with Gasteiger partial charge in [0.1, 0.15) is 11.5 Å². The van der Waals surface area contributed by atoms with Crippen molar-refractivity contribution in [1.82, 2.24) is 0 Å². The van der Waals surface area contributed by atoms with Gasteiger partial charge in [-0.2, -0.15) is 0 Å². The summed E-state index contributed by atoms with van der Waals surface area (Å²) in [5.41, 5.74) is 0. The van der Waals surface area contributed by atoms with Crippen molar-refractivity contribution in [3.05, 3.63) is 24.7 Å². The van der Waals surface area contributed by atoms with Crippen molar-refractivity contribution in [1.29, 1.82) is 0 Å². The van der Waals surface area contributed by atoms with Crippen LogP contribution in [0.4, 0.5) is 0 Å². The minimum atomic E-state index is -0.155. The molecule has 0 aromatic carbocycles. The summed E-state index contributed by atoms with van der Waals surface area (Å²) in [7, 11) is 0. The van der Waals surface area contributed by atoms with Gasteiger partial charge in [-0.05, 0) is 12.8 Å². The van der Waals surface area contributed by atoms with Crippen LogP contribution in [0.15, 0.2) is 24.7 Å². The van der Waals surface area contributed by atoms with E-state index >= 15 is 0 Å². The molecule has 0 aliphatic heterocycles. The lowest BCUT2D eigenvalue weighted by molar-refractivity contribution is 0.280. The molecule has 3 heteroatoms. The Morgan fingerprint density at radius 1 is 1.00 bits per heavy atom. The highest BCUT2D eigenvalue weighted by Gasteiger charge is 2.15. The van der Waals surface area contributed by atoms with Crippen LogP contribution in [0.1, 0.15) is 39.5 Å². The van der Waals surface area contributed by atoms with E-state index in [9.17, 15) is 0 Å². The summed E-state index contributed by atoms with van der Waals surface area (Å²) in [6.07, 6.45) is 3.72. The van der Waals surface area contributed by atoms with Gasteiger partial charge in [0.2, 0.25) is 0 Å². The quantitative estimate of drug-likeness (QED) is 0.442. The second-order valence-corrected chi connectivity index (χ2v) is 4.60. The molecule has 2 unspecified atom stereocenters. The van der Waals surface area contributed by atoms with E-state index < -0.39 is 0 Å². The van der Waals surface area contributed by atoms with Crippen LogP contribution in [0.2, 0.25) is 0 Å². The van der Waals surface area contributed by atoms with Crippen molar-refractivity contribution in [2.75, 3.05) is 0 Å². The van der Waals surface area contributed by atoms with E-state index in [4.69, 9.17) is 27.9 Å². The maximum Gasteiger partial charge on any atom is 0.114 e. The maximum absolute atomic E-state index is 6.05. The largest absolute Gasteiger partial charge is 0.464 e. The van der Waals surface area contributed by atoms with Crippen LogP contribution < -0.4 is 0 Å². The minimum absolute atomic E-state index is 0.155. The summed E-state index contributed by atoms with van der Waals surface area (Å²) in [6.45, 7) is 11.7. The standard InChI is InChI=1S/C12H20Cl2O/c1-5-7-11(13)9(3)15-10(4)12(14)8-6-2/h11-12H,3-8H2,1-2H3. The van der Waals surface area contributed by atoms with Crippen LogP contribution in [0, 0.1) is 0 Å². The fourth-order valence-corrected chi connectivity index (χ4v) is 1.65. The number of alkyl halides is 2. The molecule has 0 fully saturated rings. The highest BCUT2D eigenvalue weighted by molar-refractivity contribution is 6.22. The molecule has 0 saturated carbocycles. The molecule has 0 aliphatic carbocycles. The fourth-order valence-electron chi connectivity index (χ4n) is 1.13. The van der Waals surface area contributed by atoms with Gasteiger partial charge in [0.25, 0.3) is 0 Å². The average Bonchev–Trinajstić information content (AvgIpc) is 2.18. The zero-order chi connectivity index (χ0) is 11.8. The van der Waals surface area contributed by atoms with Crippen molar-refractivity contribution in [2.24, 2.45) is 0 Å². The number of ether oxygens (including phenoxy) is 1. The SMILES string of the molecule is C=C(OC(=C)C(Cl)CCC)C(Cl)CCC. The molecule has 2 atom stereocenters. The Morgan fingerprint density at radius 3 is 1.60 bits per heavy atom. The van der Waals surface area contributed by atoms with Gasteiger partial charge < -0.3 is 4.74 Å². The second kappa shape index (κ2) is 8.06. The predicted molar refractivity (Wildman–Crippen MR) is 68.5 cm³/mol. The third-order valence-electron chi connectivity index (χ3n) is 2.05. The number of hydrogen-bond donors (Lipinski definition) is 0. The molecule has 0 radical (unpaired) electrons. The lowest BCUT2D eigenvalue weighted by atomic mass is 10.2. The summed E-state index contributed by atoms with van der Waals surface area (Å²) in [4.78, 5) is 0. The number of allylic oxidation sites excluding steroid dienone is 2. The maximum atomic E-state index is 6.05. The van der Waals surface area contributed by atoms with Gasteiger partial charge in [-0.25, -0.2) is 0 Å². The van der Waals surface area contributed by atoms with E-state index in [0.717, 1.165) is 25.7 Å². The second-order valence-electron chi connectivity index (χ2n) is 3.55. The van der Waals surface area contributed by atoms with Crippen LogP contribution in [-0.4, -0.2) is 10.8 Å². The molecule has 0 bridgehead atoms. The smallest absolute Gasteiger partial charge is 0.114 e. The van der Waals surface area contributed by atoms with E-state index in [0.29, 0.717) is 11.5 Å². The van der Waals surface area contributed by atoms with E-state index in [1.54, 1.807) is 0 Å². The Bertz CT molecular complexity index is 192.